The molecular formula is C15H26N2O3. The highest BCUT2D eigenvalue weighted by molar-refractivity contribution is 5.76. The van der Waals surface area contributed by atoms with Crippen molar-refractivity contribution >= 4 is 12.0 Å². The number of carboxylic acid groups (broad SMARTS) is 1. The van der Waals surface area contributed by atoms with Gasteiger partial charge in [-0.3, -0.25) is 4.79 Å². The average Bonchev–Trinajstić information content (AvgIpc) is 2.84. The van der Waals surface area contributed by atoms with Gasteiger partial charge < -0.3 is 14.9 Å². The molecular weight excluding hydrogens is 256 g/mol. The van der Waals surface area contributed by atoms with Crippen LogP contribution in [0.25, 0.3) is 0 Å². The van der Waals surface area contributed by atoms with Crippen LogP contribution in [0.4, 0.5) is 4.79 Å². The summed E-state index contributed by atoms with van der Waals surface area (Å²) in [5.41, 5.74) is 0. The predicted molar refractivity (Wildman–Crippen MR) is 76.6 cm³/mol. The number of carbonyl (C=O) groups excluding carboxylic acids is 1. The maximum atomic E-state index is 12.6. The smallest absolute Gasteiger partial charge is 0.320 e. The molecule has 1 saturated carbocycles. The first kappa shape index (κ1) is 15.1. The number of aliphatic carboxylic acids is 1. The molecule has 0 bridgehead atoms. The number of rotatable bonds is 3. The number of hydrogen-bond acceptors (Lipinski definition) is 2. The van der Waals surface area contributed by atoms with Gasteiger partial charge >= 0.3 is 12.0 Å². The van der Waals surface area contributed by atoms with Gasteiger partial charge in [0, 0.05) is 25.7 Å². The molecule has 2 fully saturated rings. The Kier molecular flexibility index (Phi) is 4.89. The Balaban J connectivity index is 1.96. The zero-order valence-corrected chi connectivity index (χ0v) is 12.5. The van der Waals surface area contributed by atoms with Crippen LogP contribution in [0.1, 0.15) is 51.9 Å². The van der Waals surface area contributed by atoms with E-state index in [1.165, 1.54) is 12.8 Å². The summed E-state index contributed by atoms with van der Waals surface area (Å²) < 4.78 is 0. The minimum Gasteiger partial charge on any atom is -0.481 e. The van der Waals surface area contributed by atoms with Crippen molar-refractivity contribution in [2.45, 2.75) is 64.0 Å². The predicted octanol–water partition coefficient (Wildman–Crippen LogP) is 2.56. The van der Waals surface area contributed by atoms with Crippen LogP contribution < -0.4 is 0 Å². The van der Waals surface area contributed by atoms with Gasteiger partial charge in [-0.15, -0.1) is 0 Å². The van der Waals surface area contributed by atoms with E-state index < -0.39 is 5.97 Å². The fraction of sp³-hybridized carbons (Fsp3) is 0.867. The van der Waals surface area contributed by atoms with E-state index in [1.807, 2.05) is 11.9 Å². The van der Waals surface area contributed by atoms with E-state index in [-0.39, 0.29) is 18.5 Å². The summed E-state index contributed by atoms with van der Waals surface area (Å²) in [4.78, 5) is 27.1. The van der Waals surface area contributed by atoms with E-state index in [1.54, 1.807) is 4.90 Å². The van der Waals surface area contributed by atoms with Crippen molar-refractivity contribution < 1.29 is 14.7 Å². The largest absolute Gasteiger partial charge is 0.481 e. The summed E-state index contributed by atoms with van der Waals surface area (Å²) in [6.45, 7) is 2.94. The fourth-order valence-electron chi connectivity index (χ4n) is 3.61. The highest BCUT2D eigenvalue weighted by atomic mass is 16.4. The van der Waals surface area contributed by atoms with Gasteiger partial charge in [0.15, 0.2) is 0 Å². The zero-order valence-electron chi connectivity index (χ0n) is 12.5. The minimum absolute atomic E-state index is 0.0212. The van der Waals surface area contributed by atoms with Gasteiger partial charge in [-0.25, -0.2) is 4.79 Å². The van der Waals surface area contributed by atoms with Gasteiger partial charge in [-0.1, -0.05) is 19.8 Å². The van der Waals surface area contributed by atoms with Crippen molar-refractivity contribution in [2.75, 3.05) is 13.6 Å². The molecule has 2 amide bonds. The topological polar surface area (TPSA) is 60.9 Å². The molecule has 5 nitrogen and oxygen atoms in total. The van der Waals surface area contributed by atoms with Gasteiger partial charge in [0.25, 0.3) is 0 Å². The van der Waals surface area contributed by atoms with Gasteiger partial charge in [0.2, 0.25) is 0 Å². The molecule has 0 spiro atoms. The second kappa shape index (κ2) is 6.46. The Morgan fingerprint density at radius 3 is 2.65 bits per heavy atom. The molecule has 1 aliphatic carbocycles. The summed E-state index contributed by atoms with van der Waals surface area (Å²) >= 11 is 0. The number of carbonyl (C=O) groups is 2. The average molecular weight is 282 g/mol. The zero-order chi connectivity index (χ0) is 14.7. The van der Waals surface area contributed by atoms with Crippen LogP contribution in [0.2, 0.25) is 0 Å². The number of urea groups is 1. The van der Waals surface area contributed by atoms with Gasteiger partial charge in [0.05, 0.1) is 6.42 Å². The maximum Gasteiger partial charge on any atom is 0.320 e. The third-order valence-electron chi connectivity index (χ3n) is 4.79. The summed E-state index contributed by atoms with van der Waals surface area (Å²) in [6, 6.07) is 0.216. The summed E-state index contributed by atoms with van der Waals surface area (Å²) in [7, 11) is 1.88. The molecule has 0 aromatic rings. The number of hydrogen-bond donors (Lipinski definition) is 1. The van der Waals surface area contributed by atoms with Crippen LogP contribution in [0, 0.1) is 5.92 Å². The number of nitrogens with zero attached hydrogens (tertiary/aromatic N) is 2. The van der Waals surface area contributed by atoms with Crippen molar-refractivity contribution in [3.05, 3.63) is 0 Å². The highest BCUT2D eigenvalue weighted by Crippen LogP contribution is 2.29. The first-order valence-corrected chi connectivity index (χ1v) is 7.74. The third kappa shape index (κ3) is 3.44. The Morgan fingerprint density at radius 2 is 2.00 bits per heavy atom. The molecule has 1 heterocycles. The summed E-state index contributed by atoms with van der Waals surface area (Å²) in [6.07, 6.45) is 6.38. The molecule has 0 aromatic heterocycles. The quantitative estimate of drug-likeness (QED) is 0.865. The number of likely N-dealkylation sites (tertiary alicyclic amines) is 1. The van der Waals surface area contributed by atoms with Crippen LogP contribution >= 0.6 is 0 Å². The second-order valence-corrected chi connectivity index (χ2v) is 6.41. The fourth-order valence-corrected chi connectivity index (χ4v) is 3.61. The van der Waals surface area contributed by atoms with Gasteiger partial charge in [-0.2, -0.15) is 0 Å². The van der Waals surface area contributed by atoms with E-state index in [4.69, 9.17) is 5.11 Å². The maximum absolute atomic E-state index is 12.6. The molecule has 20 heavy (non-hydrogen) atoms. The van der Waals surface area contributed by atoms with Crippen molar-refractivity contribution in [3.8, 4) is 0 Å². The molecule has 5 heteroatoms. The van der Waals surface area contributed by atoms with Crippen LogP contribution in [0.5, 0.6) is 0 Å². The lowest BCUT2D eigenvalue weighted by Crippen LogP contribution is -2.49. The minimum atomic E-state index is -0.816. The van der Waals surface area contributed by atoms with Crippen LogP contribution in [0.15, 0.2) is 0 Å². The lowest BCUT2D eigenvalue weighted by molar-refractivity contribution is -0.138. The van der Waals surface area contributed by atoms with Crippen LogP contribution in [-0.4, -0.2) is 52.6 Å². The SMILES string of the molecule is CC1CCCC(N(C)C(=O)N2CCCC2CC(=O)O)C1. The van der Waals surface area contributed by atoms with Crippen LogP contribution in [0.3, 0.4) is 0 Å². The molecule has 1 N–H and O–H groups in total. The van der Waals surface area contributed by atoms with Gasteiger partial charge in [-0.05, 0) is 31.6 Å². The molecule has 1 aliphatic heterocycles. The molecule has 0 radical (unpaired) electrons. The van der Waals surface area contributed by atoms with E-state index in [9.17, 15) is 9.59 Å². The normalized spacial score (nSPS) is 30.3. The molecule has 2 rings (SSSR count). The van der Waals surface area contributed by atoms with E-state index in [0.29, 0.717) is 18.5 Å². The molecule has 114 valence electrons. The Hall–Kier alpha value is -1.26. The molecule has 1 saturated heterocycles. The Labute approximate surface area is 120 Å². The van der Waals surface area contributed by atoms with E-state index in [0.717, 1.165) is 25.7 Å². The van der Waals surface area contributed by atoms with Crippen LogP contribution in [-0.2, 0) is 4.79 Å². The second-order valence-electron chi connectivity index (χ2n) is 6.41. The summed E-state index contributed by atoms with van der Waals surface area (Å²) in [5, 5.41) is 8.94. The monoisotopic (exact) mass is 282 g/mol. The summed E-state index contributed by atoms with van der Waals surface area (Å²) in [5.74, 6) is -0.138. The highest BCUT2D eigenvalue weighted by Gasteiger charge is 2.34. The third-order valence-corrected chi connectivity index (χ3v) is 4.79. The molecule has 0 aromatic carbocycles. The number of amides is 2. The van der Waals surface area contributed by atoms with Gasteiger partial charge in [0.1, 0.15) is 0 Å². The molecule has 3 atom stereocenters. The Bertz CT molecular complexity index is 372. The standard InChI is InChI=1S/C15H26N2O3/c1-11-5-3-6-12(9-11)16(2)15(20)17-8-4-7-13(17)10-14(18)19/h11-13H,3-10H2,1-2H3,(H,18,19). The molecule has 3 unspecified atom stereocenters. The van der Waals surface area contributed by atoms with Crippen molar-refractivity contribution in [2.24, 2.45) is 5.92 Å². The first-order valence-electron chi connectivity index (χ1n) is 7.74. The van der Waals surface area contributed by atoms with E-state index >= 15 is 0 Å². The molecule has 2 aliphatic rings. The van der Waals surface area contributed by atoms with Crippen molar-refractivity contribution in [3.63, 3.8) is 0 Å². The lowest BCUT2D eigenvalue weighted by atomic mass is 9.86. The van der Waals surface area contributed by atoms with Crippen molar-refractivity contribution in [1.82, 2.24) is 9.80 Å². The lowest BCUT2D eigenvalue weighted by Gasteiger charge is -2.37. The van der Waals surface area contributed by atoms with E-state index in [2.05, 4.69) is 6.92 Å². The number of carboxylic acids is 1. The first-order chi connectivity index (χ1) is 9.49. The van der Waals surface area contributed by atoms with Crippen molar-refractivity contribution in [1.29, 1.82) is 0 Å². The Morgan fingerprint density at radius 1 is 1.25 bits per heavy atom.